The van der Waals surface area contributed by atoms with Crippen LogP contribution < -0.4 is 5.73 Å². The Morgan fingerprint density at radius 3 is 2.69 bits per heavy atom. The molecule has 0 saturated heterocycles. The summed E-state index contributed by atoms with van der Waals surface area (Å²) in [5, 5.41) is 9.03. The molecule has 0 bridgehead atoms. The molecule has 0 saturated carbocycles. The number of carboxylic acid groups (broad SMARTS) is 1. The van der Waals surface area contributed by atoms with Gasteiger partial charge >= 0.3 is 5.97 Å². The fraction of sp³-hybridized carbons (Fsp3) is 0.500. The first-order chi connectivity index (χ1) is 7.49. The first-order valence-corrected chi connectivity index (χ1v) is 5.11. The van der Waals surface area contributed by atoms with Gasteiger partial charge in [0.05, 0.1) is 5.69 Å². The molecule has 1 aliphatic rings. The highest BCUT2D eigenvalue weighted by Crippen LogP contribution is 2.25. The van der Waals surface area contributed by atoms with Gasteiger partial charge in [-0.3, -0.25) is 4.90 Å². The van der Waals surface area contributed by atoms with Crippen LogP contribution in [0.5, 0.6) is 0 Å². The van der Waals surface area contributed by atoms with Crippen molar-refractivity contribution < 1.29 is 9.90 Å². The Hall–Kier alpha value is -1.69. The number of aromatic nitrogens is 2. The number of hydrogen-bond donors (Lipinski definition) is 2. The summed E-state index contributed by atoms with van der Waals surface area (Å²) in [6, 6.07) is 0.345. The molecule has 1 aromatic rings. The second-order valence-electron chi connectivity index (χ2n) is 4.16. The maximum Gasteiger partial charge on any atom is 0.355 e. The second kappa shape index (κ2) is 3.71. The fourth-order valence-corrected chi connectivity index (χ4v) is 1.84. The molecule has 1 aromatic heterocycles. The van der Waals surface area contributed by atoms with Gasteiger partial charge in [0.25, 0.3) is 0 Å². The van der Waals surface area contributed by atoms with E-state index in [2.05, 4.69) is 28.7 Å². The van der Waals surface area contributed by atoms with Crippen molar-refractivity contribution in [3.8, 4) is 0 Å². The molecule has 0 spiro atoms. The summed E-state index contributed by atoms with van der Waals surface area (Å²) in [5.41, 5.74) is 6.94. The van der Waals surface area contributed by atoms with E-state index < -0.39 is 5.97 Å². The molecular formula is C10H14N4O2. The Kier molecular flexibility index (Phi) is 2.51. The predicted molar refractivity (Wildman–Crippen MR) is 57.8 cm³/mol. The molecule has 6 heteroatoms. The highest BCUT2D eigenvalue weighted by atomic mass is 16.4. The van der Waals surface area contributed by atoms with E-state index in [1.54, 1.807) is 0 Å². The molecule has 0 aromatic carbocycles. The molecule has 2 rings (SSSR count). The molecule has 0 aliphatic carbocycles. The Morgan fingerprint density at radius 1 is 1.44 bits per heavy atom. The highest BCUT2D eigenvalue weighted by molar-refractivity contribution is 5.87. The normalized spacial score (nSPS) is 15.4. The van der Waals surface area contributed by atoms with E-state index in [-0.39, 0.29) is 11.6 Å². The zero-order valence-electron chi connectivity index (χ0n) is 9.27. The number of carbonyl (C=O) groups is 1. The van der Waals surface area contributed by atoms with Crippen molar-refractivity contribution in [2.24, 2.45) is 0 Å². The van der Waals surface area contributed by atoms with Gasteiger partial charge in [-0.05, 0) is 13.8 Å². The third kappa shape index (κ3) is 1.71. The molecule has 6 nitrogen and oxygen atoms in total. The first-order valence-electron chi connectivity index (χ1n) is 5.11. The average Bonchev–Trinajstić information content (AvgIpc) is 2.59. The van der Waals surface area contributed by atoms with Gasteiger partial charge in [-0.15, -0.1) is 0 Å². The molecule has 1 aliphatic heterocycles. The van der Waals surface area contributed by atoms with E-state index in [4.69, 9.17) is 10.8 Å². The van der Waals surface area contributed by atoms with Crippen LogP contribution in [0.1, 0.15) is 35.6 Å². The lowest BCUT2D eigenvalue weighted by molar-refractivity contribution is 0.0688. The van der Waals surface area contributed by atoms with Gasteiger partial charge in [0, 0.05) is 24.7 Å². The van der Waals surface area contributed by atoms with Gasteiger partial charge in [0.2, 0.25) is 5.95 Å². The van der Waals surface area contributed by atoms with Crippen LogP contribution in [-0.4, -0.2) is 32.0 Å². The van der Waals surface area contributed by atoms with Crippen molar-refractivity contribution in [1.82, 2.24) is 14.9 Å². The van der Waals surface area contributed by atoms with E-state index in [1.165, 1.54) is 0 Å². The molecule has 0 amide bonds. The Balaban J connectivity index is 2.44. The summed E-state index contributed by atoms with van der Waals surface area (Å²) in [4.78, 5) is 21.0. The molecule has 86 valence electrons. The van der Waals surface area contributed by atoms with Gasteiger partial charge in [-0.2, -0.15) is 0 Å². The first kappa shape index (κ1) is 10.8. The molecule has 16 heavy (non-hydrogen) atoms. The molecular weight excluding hydrogens is 208 g/mol. The molecule has 0 fully saturated rings. The number of nitrogens with zero attached hydrogens (tertiary/aromatic N) is 3. The Labute approximate surface area is 93.1 Å². The van der Waals surface area contributed by atoms with Crippen LogP contribution in [-0.2, 0) is 13.1 Å². The smallest absolute Gasteiger partial charge is 0.355 e. The number of fused-ring (bicyclic) bond motifs is 1. The third-order valence-corrected chi connectivity index (χ3v) is 2.76. The lowest BCUT2D eigenvalue weighted by atomic mass is 10.2. The zero-order valence-corrected chi connectivity index (χ0v) is 9.27. The molecule has 0 unspecified atom stereocenters. The van der Waals surface area contributed by atoms with Crippen molar-refractivity contribution in [3.05, 3.63) is 17.0 Å². The molecule has 0 radical (unpaired) electrons. The predicted octanol–water partition coefficient (Wildman–Crippen LogP) is 0.481. The van der Waals surface area contributed by atoms with Crippen LogP contribution in [0.15, 0.2) is 0 Å². The zero-order chi connectivity index (χ0) is 11.9. The van der Waals surface area contributed by atoms with Gasteiger partial charge in [-0.1, -0.05) is 0 Å². The van der Waals surface area contributed by atoms with Crippen molar-refractivity contribution >= 4 is 11.9 Å². The standard InChI is InChI=1S/C10H14N4O2/c1-5(2)14-3-6-7(4-14)12-10(11)13-8(6)9(15)16/h5H,3-4H2,1-2H3,(H,15,16)(H2,11,12,13). The molecule has 3 N–H and O–H groups in total. The second-order valence-corrected chi connectivity index (χ2v) is 4.16. The van der Waals surface area contributed by atoms with Crippen LogP contribution in [0.4, 0.5) is 5.95 Å². The number of nitrogens with two attached hydrogens (primary N) is 1. The Bertz CT molecular complexity index is 445. The molecule has 0 atom stereocenters. The van der Waals surface area contributed by atoms with Crippen LogP contribution >= 0.6 is 0 Å². The van der Waals surface area contributed by atoms with Crippen molar-refractivity contribution in [2.75, 3.05) is 5.73 Å². The monoisotopic (exact) mass is 222 g/mol. The summed E-state index contributed by atoms with van der Waals surface area (Å²) >= 11 is 0. The van der Waals surface area contributed by atoms with E-state index in [1.807, 2.05) is 0 Å². The summed E-state index contributed by atoms with van der Waals surface area (Å²) in [6.45, 7) is 5.33. The SMILES string of the molecule is CC(C)N1Cc2nc(N)nc(C(=O)O)c2C1. The van der Waals surface area contributed by atoms with Crippen LogP contribution in [0.25, 0.3) is 0 Å². The number of hydrogen-bond acceptors (Lipinski definition) is 5. The summed E-state index contributed by atoms with van der Waals surface area (Å²) in [6.07, 6.45) is 0. The quantitative estimate of drug-likeness (QED) is 0.756. The van der Waals surface area contributed by atoms with Crippen molar-refractivity contribution in [2.45, 2.75) is 33.0 Å². The lowest BCUT2D eigenvalue weighted by Crippen LogP contribution is -2.24. The van der Waals surface area contributed by atoms with E-state index in [0.717, 1.165) is 5.69 Å². The number of aromatic carboxylic acids is 1. The maximum absolute atomic E-state index is 11.0. The van der Waals surface area contributed by atoms with E-state index in [0.29, 0.717) is 24.7 Å². The van der Waals surface area contributed by atoms with Crippen LogP contribution in [0.3, 0.4) is 0 Å². The van der Waals surface area contributed by atoms with E-state index >= 15 is 0 Å². The third-order valence-electron chi connectivity index (χ3n) is 2.76. The minimum absolute atomic E-state index is 0.0294. The number of rotatable bonds is 2. The minimum Gasteiger partial charge on any atom is -0.476 e. The Morgan fingerprint density at radius 2 is 2.12 bits per heavy atom. The average molecular weight is 222 g/mol. The summed E-state index contributed by atoms with van der Waals surface area (Å²) in [7, 11) is 0. The fourth-order valence-electron chi connectivity index (χ4n) is 1.84. The summed E-state index contributed by atoms with van der Waals surface area (Å²) in [5.74, 6) is -1.02. The lowest BCUT2D eigenvalue weighted by Gasteiger charge is -2.18. The largest absolute Gasteiger partial charge is 0.476 e. The topological polar surface area (TPSA) is 92.3 Å². The van der Waals surface area contributed by atoms with Gasteiger partial charge in [0.1, 0.15) is 0 Å². The van der Waals surface area contributed by atoms with Gasteiger partial charge in [0.15, 0.2) is 5.69 Å². The van der Waals surface area contributed by atoms with Gasteiger partial charge < -0.3 is 10.8 Å². The number of carboxylic acids is 1. The minimum atomic E-state index is -1.05. The van der Waals surface area contributed by atoms with E-state index in [9.17, 15) is 4.79 Å². The highest BCUT2D eigenvalue weighted by Gasteiger charge is 2.28. The summed E-state index contributed by atoms with van der Waals surface area (Å²) < 4.78 is 0. The number of nitrogen functional groups attached to an aromatic ring is 1. The van der Waals surface area contributed by atoms with Crippen molar-refractivity contribution in [1.29, 1.82) is 0 Å². The molecule has 2 heterocycles. The number of anilines is 1. The van der Waals surface area contributed by atoms with Crippen LogP contribution in [0.2, 0.25) is 0 Å². The van der Waals surface area contributed by atoms with Crippen molar-refractivity contribution in [3.63, 3.8) is 0 Å². The maximum atomic E-state index is 11.0. The van der Waals surface area contributed by atoms with Crippen LogP contribution in [0, 0.1) is 0 Å². The van der Waals surface area contributed by atoms with Gasteiger partial charge in [-0.25, -0.2) is 14.8 Å².